The summed E-state index contributed by atoms with van der Waals surface area (Å²) in [7, 11) is 0. The van der Waals surface area contributed by atoms with Crippen LogP contribution in [0.15, 0.2) is 48.5 Å². The van der Waals surface area contributed by atoms with Gasteiger partial charge in [0.15, 0.2) is 0 Å². The minimum absolute atomic E-state index is 0.113. The number of hydrogen-bond acceptors (Lipinski definition) is 3. The molecule has 3 rings (SSSR count). The predicted octanol–water partition coefficient (Wildman–Crippen LogP) is 3.76. The van der Waals surface area contributed by atoms with E-state index in [9.17, 15) is 0 Å². The van der Waals surface area contributed by atoms with Crippen LogP contribution in [0.5, 0.6) is 0 Å². The third-order valence-electron chi connectivity index (χ3n) is 4.78. The Bertz CT molecular complexity index is 866. The Morgan fingerprint density at radius 3 is 2.42 bits per heavy atom. The summed E-state index contributed by atoms with van der Waals surface area (Å²) < 4.78 is 1.88. The predicted molar refractivity (Wildman–Crippen MR) is 106 cm³/mol. The molecule has 0 unspecified atom stereocenters. The lowest BCUT2D eigenvalue weighted by Gasteiger charge is -2.08. The molecule has 0 aliphatic carbocycles. The van der Waals surface area contributed by atoms with Crippen LogP contribution in [0.3, 0.4) is 0 Å². The Kier molecular flexibility index (Phi) is 5.86. The first kappa shape index (κ1) is 18.4. The molecule has 0 saturated heterocycles. The maximum Gasteiger partial charge on any atom is 0.0644 e. The highest BCUT2D eigenvalue weighted by Gasteiger charge is 2.10. The maximum absolute atomic E-state index is 9.11. The van der Waals surface area contributed by atoms with E-state index in [0.717, 1.165) is 24.5 Å². The van der Waals surface area contributed by atoms with E-state index in [2.05, 4.69) is 72.8 Å². The first-order valence-electron chi connectivity index (χ1n) is 9.09. The van der Waals surface area contributed by atoms with Crippen molar-refractivity contribution < 1.29 is 5.11 Å². The summed E-state index contributed by atoms with van der Waals surface area (Å²) in [6.07, 6.45) is 0. The Morgan fingerprint density at radius 2 is 1.73 bits per heavy atom. The zero-order valence-electron chi connectivity index (χ0n) is 15.8. The Hall–Kier alpha value is -2.43. The van der Waals surface area contributed by atoms with Gasteiger partial charge in [-0.25, -0.2) is 0 Å². The van der Waals surface area contributed by atoms with E-state index in [1.54, 1.807) is 0 Å². The molecular formula is C22H27N3O. The zero-order valence-corrected chi connectivity index (χ0v) is 15.8. The van der Waals surface area contributed by atoms with Gasteiger partial charge in [0, 0.05) is 24.3 Å². The summed E-state index contributed by atoms with van der Waals surface area (Å²) in [5.41, 5.74) is 8.41. The fourth-order valence-electron chi connectivity index (χ4n) is 3.27. The van der Waals surface area contributed by atoms with Crippen LogP contribution in [0.1, 0.15) is 28.1 Å². The summed E-state index contributed by atoms with van der Waals surface area (Å²) in [6, 6.07) is 17.3. The molecule has 0 atom stereocenters. The van der Waals surface area contributed by atoms with E-state index in [4.69, 9.17) is 5.11 Å². The van der Waals surface area contributed by atoms with E-state index >= 15 is 0 Å². The van der Waals surface area contributed by atoms with Crippen molar-refractivity contribution in [1.29, 1.82) is 0 Å². The Balaban J connectivity index is 1.61. The fourth-order valence-corrected chi connectivity index (χ4v) is 3.27. The van der Waals surface area contributed by atoms with Crippen molar-refractivity contribution in [2.24, 2.45) is 0 Å². The van der Waals surface area contributed by atoms with Crippen molar-refractivity contribution in [3.8, 4) is 11.1 Å². The maximum atomic E-state index is 9.11. The first-order valence-corrected chi connectivity index (χ1v) is 9.09. The second-order valence-corrected chi connectivity index (χ2v) is 6.77. The van der Waals surface area contributed by atoms with Crippen LogP contribution >= 0.6 is 0 Å². The second-order valence-electron chi connectivity index (χ2n) is 6.77. The lowest BCUT2D eigenvalue weighted by atomic mass is 10.0. The van der Waals surface area contributed by atoms with E-state index in [1.807, 2.05) is 11.6 Å². The third-order valence-corrected chi connectivity index (χ3v) is 4.78. The number of aliphatic hydroxyl groups excluding tert-OH is 1. The molecule has 0 spiro atoms. The normalized spacial score (nSPS) is 11.1. The smallest absolute Gasteiger partial charge is 0.0644 e. The number of benzene rings is 2. The highest BCUT2D eigenvalue weighted by Crippen LogP contribution is 2.21. The number of aliphatic hydroxyl groups is 1. The molecular weight excluding hydrogens is 322 g/mol. The minimum atomic E-state index is 0.113. The Morgan fingerprint density at radius 1 is 0.962 bits per heavy atom. The summed E-state index contributed by atoms with van der Waals surface area (Å²) >= 11 is 0. The van der Waals surface area contributed by atoms with Gasteiger partial charge in [-0.3, -0.25) is 4.68 Å². The van der Waals surface area contributed by atoms with Gasteiger partial charge in [0.25, 0.3) is 0 Å². The van der Waals surface area contributed by atoms with Crippen LogP contribution in [-0.4, -0.2) is 21.5 Å². The van der Waals surface area contributed by atoms with Crippen molar-refractivity contribution in [3.05, 3.63) is 76.6 Å². The van der Waals surface area contributed by atoms with Crippen molar-refractivity contribution in [2.75, 3.05) is 6.61 Å². The number of rotatable bonds is 7. The van der Waals surface area contributed by atoms with Crippen molar-refractivity contribution in [3.63, 3.8) is 0 Å². The molecule has 0 bridgehead atoms. The molecule has 0 fully saturated rings. The number of aryl methyl sites for hydroxylation is 2. The number of nitrogens with zero attached hydrogens (tertiary/aromatic N) is 2. The molecule has 26 heavy (non-hydrogen) atoms. The van der Waals surface area contributed by atoms with Gasteiger partial charge in [-0.2, -0.15) is 5.10 Å². The molecule has 1 heterocycles. The summed E-state index contributed by atoms with van der Waals surface area (Å²) in [5, 5.41) is 17.1. The topological polar surface area (TPSA) is 50.1 Å². The molecule has 2 aromatic carbocycles. The fraction of sp³-hybridized carbons (Fsp3) is 0.318. The number of aromatic nitrogens is 2. The molecule has 0 radical (unpaired) electrons. The van der Waals surface area contributed by atoms with Gasteiger partial charge < -0.3 is 10.4 Å². The van der Waals surface area contributed by atoms with Gasteiger partial charge in [0.05, 0.1) is 18.8 Å². The third kappa shape index (κ3) is 4.21. The average Bonchev–Trinajstić information content (AvgIpc) is 2.90. The number of nitrogens with one attached hydrogen (secondary N) is 1. The largest absolute Gasteiger partial charge is 0.394 e. The van der Waals surface area contributed by atoms with Gasteiger partial charge >= 0.3 is 0 Å². The van der Waals surface area contributed by atoms with E-state index in [-0.39, 0.29) is 6.61 Å². The molecule has 2 N–H and O–H groups in total. The van der Waals surface area contributed by atoms with Crippen LogP contribution in [0.2, 0.25) is 0 Å². The zero-order chi connectivity index (χ0) is 18.5. The lowest BCUT2D eigenvalue weighted by Crippen LogP contribution is -2.14. The van der Waals surface area contributed by atoms with E-state index in [0.29, 0.717) is 6.54 Å². The molecule has 0 amide bonds. The first-order chi connectivity index (χ1) is 12.6. The van der Waals surface area contributed by atoms with Gasteiger partial charge in [-0.05, 0) is 37.5 Å². The highest BCUT2D eigenvalue weighted by molar-refractivity contribution is 5.64. The molecule has 0 aliphatic rings. The Labute approximate surface area is 155 Å². The van der Waals surface area contributed by atoms with Gasteiger partial charge in [-0.15, -0.1) is 0 Å². The van der Waals surface area contributed by atoms with Gasteiger partial charge in [-0.1, -0.05) is 54.1 Å². The molecule has 4 heteroatoms. The summed E-state index contributed by atoms with van der Waals surface area (Å²) in [4.78, 5) is 0. The van der Waals surface area contributed by atoms with Crippen LogP contribution in [-0.2, 0) is 19.6 Å². The molecule has 4 nitrogen and oxygen atoms in total. The minimum Gasteiger partial charge on any atom is -0.394 e. The van der Waals surface area contributed by atoms with Crippen molar-refractivity contribution >= 4 is 0 Å². The van der Waals surface area contributed by atoms with E-state index in [1.165, 1.54) is 27.8 Å². The lowest BCUT2D eigenvalue weighted by molar-refractivity contribution is 0.267. The van der Waals surface area contributed by atoms with Crippen LogP contribution < -0.4 is 5.32 Å². The number of hydrogen-bond donors (Lipinski definition) is 2. The highest BCUT2D eigenvalue weighted by atomic mass is 16.3. The van der Waals surface area contributed by atoms with Gasteiger partial charge in [0.1, 0.15) is 0 Å². The molecule has 0 saturated carbocycles. The molecule has 0 aliphatic heterocycles. The van der Waals surface area contributed by atoms with Crippen LogP contribution in [0.25, 0.3) is 11.1 Å². The monoisotopic (exact) mass is 349 g/mol. The van der Waals surface area contributed by atoms with Crippen LogP contribution in [0, 0.1) is 20.8 Å². The van der Waals surface area contributed by atoms with Crippen LogP contribution in [0.4, 0.5) is 0 Å². The molecule has 1 aromatic heterocycles. The second kappa shape index (κ2) is 8.30. The van der Waals surface area contributed by atoms with Crippen molar-refractivity contribution in [2.45, 2.75) is 40.4 Å². The average molecular weight is 349 g/mol. The quantitative estimate of drug-likeness (QED) is 0.683. The standard InChI is InChI=1S/C22H27N3O/c1-16-5-4-6-21(13-16)20-9-7-19(8-10-20)14-23-15-22-17(2)24-25(11-12-26)18(22)3/h4-10,13,23,26H,11-12,14-15H2,1-3H3. The van der Waals surface area contributed by atoms with Crippen molar-refractivity contribution in [1.82, 2.24) is 15.1 Å². The summed E-state index contributed by atoms with van der Waals surface area (Å²) in [6.45, 7) is 8.46. The van der Waals surface area contributed by atoms with E-state index < -0.39 is 0 Å². The summed E-state index contributed by atoms with van der Waals surface area (Å²) in [5.74, 6) is 0. The molecule has 136 valence electrons. The van der Waals surface area contributed by atoms with Gasteiger partial charge in [0.2, 0.25) is 0 Å². The molecule has 3 aromatic rings. The SMILES string of the molecule is Cc1cccc(-c2ccc(CNCc3c(C)nn(CCO)c3C)cc2)c1.